The largest absolute Gasteiger partial charge is 0.306 e. The second-order valence-corrected chi connectivity index (χ2v) is 7.82. The molecule has 0 unspecified atom stereocenters. The zero-order chi connectivity index (χ0) is 22.7. The number of nitro groups is 1. The Balaban J connectivity index is 1.73. The molecule has 0 aliphatic carbocycles. The van der Waals surface area contributed by atoms with Gasteiger partial charge in [0.2, 0.25) is 5.95 Å². The van der Waals surface area contributed by atoms with Gasteiger partial charge < -0.3 is 5.32 Å². The van der Waals surface area contributed by atoms with Crippen LogP contribution in [0.1, 0.15) is 29.4 Å². The number of anilines is 1. The van der Waals surface area contributed by atoms with E-state index in [1.54, 1.807) is 6.07 Å². The van der Waals surface area contributed by atoms with E-state index in [-0.39, 0.29) is 22.8 Å². The number of hydrogen-bond acceptors (Lipinski definition) is 7. The van der Waals surface area contributed by atoms with Gasteiger partial charge in [0.1, 0.15) is 11.5 Å². The molecule has 0 fully saturated rings. The van der Waals surface area contributed by atoms with Gasteiger partial charge in [-0.25, -0.2) is 4.98 Å². The molecule has 162 valence electrons. The first-order valence-electron chi connectivity index (χ1n) is 9.75. The van der Waals surface area contributed by atoms with Crippen LogP contribution in [0.4, 0.5) is 11.5 Å². The first-order valence-corrected chi connectivity index (χ1v) is 10.6. The summed E-state index contributed by atoms with van der Waals surface area (Å²) < 4.78 is 1.37. The van der Waals surface area contributed by atoms with Gasteiger partial charge in [0.05, 0.1) is 9.80 Å². The monoisotopic (exact) mass is 450 g/mol. The van der Waals surface area contributed by atoms with E-state index < -0.39 is 10.8 Å². The van der Waals surface area contributed by atoms with Crippen LogP contribution in [-0.2, 0) is 6.42 Å². The molecule has 1 amide bonds. The van der Waals surface area contributed by atoms with Crippen molar-refractivity contribution < 1.29 is 9.72 Å². The number of carbonyl (C=O) groups is 1. The number of nitrogens with one attached hydrogen (secondary N) is 2. The molecule has 32 heavy (non-hydrogen) atoms. The minimum absolute atomic E-state index is 0.110. The van der Waals surface area contributed by atoms with Crippen LogP contribution in [0.25, 0.3) is 16.5 Å². The lowest BCUT2D eigenvalue weighted by atomic mass is 10.2. The second kappa shape index (κ2) is 8.94. The van der Waals surface area contributed by atoms with Crippen LogP contribution in [0.3, 0.4) is 0 Å². The molecule has 1 aromatic carbocycles. The van der Waals surface area contributed by atoms with Crippen LogP contribution in [0.15, 0.2) is 58.7 Å². The molecule has 3 aromatic heterocycles. The number of nitro benzene ring substituents is 1. The summed E-state index contributed by atoms with van der Waals surface area (Å²) in [6.07, 6.45) is 1.44. The summed E-state index contributed by atoms with van der Waals surface area (Å²) in [4.78, 5) is 43.3. The van der Waals surface area contributed by atoms with Gasteiger partial charge in [0, 0.05) is 35.5 Å². The summed E-state index contributed by atoms with van der Waals surface area (Å²) in [5, 5.41) is 20.1. The van der Waals surface area contributed by atoms with E-state index in [1.807, 2.05) is 24.4 Å². The zero-order valence-electron chi connectivity index (χ0n) is 16.9. The van der Waals surface area contributed by atoms with E-state index in [0.717, 1.165) is 11.3 Å². The molecule has 10 nitrogen and oxygen atoms in total. The predicted molar refractivity (Wildman–Crippen MR) is 120 cm³/mol. The lowest BCUT2D eigenvalue weighted by molar-refractivity contribution is -0.384. The normalized spacial score (nSPS) is 10.8. The number of benzene rings is 1. The topological polar surface area (TPSA) is 136 Å². The van der Waals surface area contributed by atoms with E-state index in [0.29, 0.717) is 23.6 Å². The van der Waals surface area contributed by atoms with E-state index in [9.17, 15) is 19.7 Å². The highest BCUT2D eigenvalue weighted by Gasteiger charge is 2.18. The highest BCUT2D eigenvalue weighted by molar-refractivity contribution is 7.13. The van der Waals surface area contributed by atoms with E-state index in [4.69, 9.17) is 0 Å². The average molecular weight is 450 g/mol. The molecule has 0 atom stereocenters. The van der Waals surface area contributed by atoms with Crippen molar-refractivity contribution in [3.63, 3.8) is 0 Å². The van der Waals surface area contributed by atoms with Crippen molar-refractivity contribution >= 4 is 28.7 Å². The molecule has 2 N–H and O–H groups in total. The van der Waals surface area contributed by atoms with Crippen LogP contribution in [-0.4, -0.2) is 30.6 Å². The Morgan fingerprint density at radius 3 is 2.69 bits per heavy atom. The molecule has 0 radical (unpaired) electrons. The summed E-state index contributed by atoms with van der Waals surface area (Å²) >= 11 is 1.48. The fraction of sp³-hybridized carbons (Fsp3) is 0.143. The third-order valence-corrected chi connectivity index (χ3v) is 5.45. The van der Waals surface area contributed by atoms with Gasteiger partial charge in [-0.05, 0) is 30.0 Å². The smallest absolute Gasteiger partial charge is 0.269 e. The fourth-order valence-electron chi connectivity index (χ4n) is 3.08. The quantitative estimate of drug-likeness (QED) is 0.325. The minimum atomic E-state index is -0.532. The van der Waals surface area contributed by atoms with Crippen molar-refractivity contribution in [2.45, 2.75) is 19.8 Å². The van der Waals surface area contributed by atoms with Crippen molar-refractivity contribution in [2.24, 2.45) is 0 Å². The Labute approximate surface area is 185 Å². The molecule has 0 bridgehead atoms. The Kier molecular flexibility index (Phi) is 5.90. The minimum Gasteiger partial charge on any atom is -0.306 e. The van der Waals surface area contributed by atoms with Crippen molar-refractivity contribution in [2.75, 3.05) is 5.32 Å². The number of rotatable bonds is 7. The molecular formula is C21H18N6O4S. The molecule has 0 aliphatic rings. The maximum atomic E-state index is 12.8. The molecule has 4 aromatic rings. The SMILES string of the molecule is CCCc1cc(=O)[nH]c(-n2nc(-c3cccs3)cc2NC(=O)c2ccc([N+](=O)[O-])cc2)n1. The van der Waals surface area contributed by atoms with Crippen LogP contribution in [0.5, 0.6) is 0 Å². The number of non-ortho nitro benzene ring substituents is 1. The molecule has 0 saturated heterocycles. The Hall–Kier alpha value is -4.12. The number of H-pyrrole nitrogens is 1. The van der Waals surface area contributed by atoms with Crippen LogP contribution >= 0.6 is 11.3 Å². The highest BCUT2D eigenvalue weighted by Crippen LogP contribution is 2.27. The van der Waals surface area contributed by atoms with Gasteiger partial charge in [0.25, 0.3) is 17.2 Å². The molecule has 0 spiro atoms. The number of carbonyl (C=O) groups excluding carboxylic acids is 1. The van der Waals surface area contributed by atoms with Gasteiger partial charge >= 0.3 is 0 Å². The summed E-state index contributed by atoms with van der Waals surface area (Å²) in [5.41, 5.74) is 1.03. The highest BCUT2D eigenvalue weighted by atomic mass is 32.1. The van der Waals surface area contributed by atoms with Gasteiger partial charge in [-0.1, -0.05) is 19.4 Å². The maximum Gasteiger partial charge on any atom is 0.269 e. The van der Waals surface area contributed by atoms with Crippen LogP contribution < -0.4 is 10.9 Å². The number of amides is 1. The molecule has 4 rings (SSSR count). The first kappa shape index (κ1) is 21.1. The number of hydrogen-bond donors (Lipinski definition) is 2. The first-order chi connectivity index (χ1) is 15.4. The number of aryl methyl sites for hydroxylation is 1. The molecule has 0 aliphatic heterocycles. The van der Waals surface area contributed by atoms with Crippen molar-refractivity contribution in [3.05, 3.63) is 85.6 Å². The van der Waals surface area contributed by atoms with Crippen molar-refractivity contribution in [1.82, 2.24) is 19.7 Å². The number of thiophene rings is 1. The molecular weight excluding hydrogens is 432 g/mol. The number of aromatic amines is 1. The van der Waals surface area contributed by atoms with Gasteiger partial charge in [-0.3, -0.25) is 24.7 Å². The zero-order valence-corrected chi connectivity index (χ0v) is 17.8. The van der Waals surface area contributed by atoms with Crippen LogP contribution in [0, 0.1) is 10.1 Å². The third-order valence-electron chi connectivity index (χ3n) is 4.55. The summed E-state index contributed by atoms with van der Waals surface area (Å²) in [5.74, 6) is 0.00199. The Morgan fingerprint density at radius 2 is 2.03 bits per heavy atom. The summed E-state index contributed by atoms with van der Waals surface area (Å²) in [7, 11) is 0. The fourth-order valence-corrected chi connectivity index (χ4v) is 3.76. The number of aromatic nitrogens is 4. The molecule has 3 heterocycles. The summed E-state index contributed by atoms with van der Waals surface area (Å²) in [6, 6.07) is 12.2. The van der Waals surface area contributed by atoms with Crippen molar-refractivity contribution in [1.29, 1.82) is 0 Å². The second-order valence-electron chi connectivity index (χ2n) is 6.87. The Morgan fingerprint density at radius 1 is 1.25 bits per heavy atom. The standard InChI is InChI=1S/C21H18N6O4S/c1-2-4-14-11-19(28)24-21(22-14)26-18(12-16(25-26)17-5-3-10-32-17)23-20(29)13-6-8-15(9-7-13)27(30)31/h3,5-12H,2,4H2,1H3,(H,23,29)(H,22,24,28). The predicted octanol–water partition coefficient (Wildman–Crippen LogP) is 3.80. The van der Waals surface area contributed by atoms with E-state index in [1.165, 1.54) is 46.4 Å². The lowest BCUT2D eigenvalue weighted by Crippen LogP contribution is -2.19. The molecule has 0 saturated carbocycles. The van der Waals surface area contributed by atoms with E-state index >= 15 is 0 Å². The van der Waals surface area contributed by atoms with Gasteiger partial charge in [-0.15, -0.1) is 11.3 Å². The number of nitrogens with zero attached hydrogens (tertiary/aromatic N) is 4. The Bertz CT molecular complexity index is 1330. The average Bonchev–Trinajstić information content (AvgIpc) is 3.43. The third kappa shape index (κ3) is 4.47. The van der Waals surface area contributed by atoms with Gasteiger partial charge in [-0.2, -0.15) is 9.78 Å². The van der Waals surface area contributed by atoms with Gasteiger partial charge in [0.15, 0.2) is 0 Å². The van der Waals surface area contributed by atoms with Crippen LogP contribution in [0.2, 0.25) is 0 Å². The summed E-state index contributed by atoms with van der Waals surface area (Å²) in [6.45, 7) is 1.99. The molecule has 11 heteroatoms. The lowest BCUT2D eigenvalue weighted by Gasteiger charge is -2.09. The van der Waals surface area contributed by atoms with Crippen molar-refractivity contribution in [3.8, 4) is 16.5 Å². The van der Waals surface area contributed by atoms with E-state index in [2.05, 4.69) is 20.4 Å². The maximum absolute atomic E-state index is 12.8.